The van der Waals surface area contributed by atoms with Gasteiger partial charge in [0.15, 0.2) is 0 Å². The maximum atomic E-state index is 12.5. The van der Waals surface area contributed by atoms with Crippen LogP contribution in [0.3, 0.4) is 0 Å². The molecule has 26 heavy (non-hydrogen) atoms. The van der Waals surface area contributed by atoms with Crippen molar-refractivity contribution >= 4 is 5.91 Å². The van der Waals surface area contributed by atoms with E-state index in [2.05, 4.69) is 10.6 Å². The number of rotatable bonds is 7. The van der Waals surface area contributed by atoms with Crippen LogP contribution in [0.15, 0.2) is 24.3 Å². The Bertz CT molecular complexity index is 556. The topological polar surface area (TPSA) is 59.6 Å². The summed E-state index contributed by atoms with van der Waals surface area (Å²) in [7, 11) is 1.73. The number of hydrogen-bond acceptors (Lipinski definition) is 4. The van der Waals surface area contributed by atoms with Crippen LogP contribution in [0.5, 0.6) is 5.75 Å². The second-order valence-electron chi connectivity index (χ2n) is 7.77. The Labute approximate surface area is 156 Å². The van der Waals surface area contributed by atoms with Crippen LogP contribution in [0.25, 0.3) is 0 Å². The smallest absolute Gasteiger partial charge is 0.251 e. The van der Waals surface area contributed by atoms with Crippen LogP contribution in [-0.2, 0) is 4.74 Å². The molecule has 3 rings (SSSR count). The van der Waals surface area contributed by atoms with Crippen LogP contribution in [0.1, 0.15) is 55.3 Å². The lowest BCUT2D eigenvalue weighted by Gasteiger charge is -2.37. The van der Waals surface area contributed by atoms with Gasteiger partial charge in [-0.25, -0.2) is 0 Å². The van der Waals surface area contributed by atoms with E-state index < -0.39 is 0 Å². The molecule has 5 nitrogen and oxygen atoms in total. The third-order valence-electron chi connectivity index (χ3n) is 5.71. The molecule has 1 aliphatic carbocycles. The summed E-state index contributed by atoms with van der Waals surface area (Å²) in [4.78, 5) is 12.5. The van der Waals surface area contributed by atoms with Crippen molar-refractivity contribution in [3.05, 3.63) is 29.8 Å². The summed E-state index contributed by atoms with van der Waals surface area (Å²) in [6.45, 7) is 3.30. The predicted octanol–water partition coefficient (Wildman–Crippen LogP) is 3.14. The van der Waals surface area contributed by atoms with E-state index in [1.165, 1.54) is 19.3 Å². The van der Waals surface area contributed by atoms with Gasteiger partial charge in [0.1, 0.15) is 5.75 Å². The summed E-state index contributed by atoms with van der Waals surface area (Å²) in [6, 6.07) is 7.55. The monoisotopic (exact) mass is 360 g/mol. The number of nitrogens with one attached hydrogen (secondary N) is 2. The largest absolute Gasteiger partial charge is 0.490 e. The lowest BCUT2D eigenvalue weighted by Crippen LogP contribution is -2.47. The van der Waals surface area contributed by atoms with Gasteiger partial charge in [0.25, 0.3) is 5.91 Å². The van der Waals surface area contributed by atoms with Crippen LogP contribution in [0.2, 0.25) is 0 Å². The number of amides is 1. The van der Waals surface area contributed by atoms with Gasteiger partial charge in [0.05, 0.1) is 12.7 Å². The molecule has 1 heterocycles. The zero-order chi connectivity index (χ0) is 18.2. The van der Waals surface area contributed by atoms with Crippen molar-refractivity contribution in [1.82, 2.24) is 10.6 Å². The zero-order valence-corrected chi connectivity index (χ0v) is 15.9. The number of piperidine rings is 1. The minimum atomic E-state index is -0.0248. The Balaban J connectivity index is 1.52. The number of ether oxygens (including phenoxy) is 2. The van der Waals surface area contributed by atoms with Crippen molar-refractivity contribution in [2.75, 3.05) is 33.4 Å². The molecule has 0 spiro atoms. The summed E-state index contributed by atoms with van der Waals surface area (Å²) in [6.07, 6.45) is 8.48. The normalized spacial score (nSPS) is 20.5. The molecule has 1 amide bonds. The van der Waals surface area contributed by atoms with E-state index in [1.807, 2.05) is 24.3 Å². The predicted molar refractivity (Wildman–Crippen MR) is 103 cm³/mol. The SMILES string of the molecule is COCC1(CNC(=O)c2ccc(OC3CCCCC3)cc2)CCNCC1. The summed E-state index contributed by atoms with van der Waals surface area (Å²) in [5, 5.41) is 6.48. The highest BCUT2D eigenvalue weighted by atomic mass is 16.5. The van der Waals surface area contributed by atoms with Gasteiger partial charge in [-0.1, -0.05) is 6.42 Å². The number of hydrogen-bond donors (Lipinski definition) is 2. The molecule has 0 bridgehead atoms. The average molecular weight is 360 g/mol. The fourth-order valence-electron chi connectivity index (χ4n) is 4.07. The van der Waals surface area contributed by atoms with Gasteiger partial charge in [0.2, 0.25) is 0 Å². The van der Waals surface area contributed by atoms with Gasteiger partial charge < -0.3 is 20.1 Å². The van der Waals surface area contributed by atoms with Crippen molar-refractivity contribution in [2.45, 2.75) is 51.0 Å². The first-order valence-corrected chi connectivity index (χ1v) is 9.95. The Morgan fingerprint density at radius 3 is 2.50 bits per heavy atom. The third kappa shape index (κ3) is 5.21. The molecular weight excluding hydrogens is 328 g/mol. The van der Waals surface area contributed by atoms with Crippen molar-refractivity contribution in [1.29, 1.82) is 0 Å². The van der Waals surface area contributed by atoms with Gasteiger partial charge in [-0.05, 0) is 75.9 Å². The van der Waals surface area contributed by atoms with E-state index in [4.69, 9.17) is 9.47 Å². The molecule has 5 heteroatoms. The zero-order valence-electron chi connectivity index (χ0n) is 15.9. The molecule has 144 valence electrons. The molecule has 2 aliphatic rings. The number of methoxy groups -OCH3 is 1. The fraction of sp³-hybridized carbons (Fsp3) is 0.667. The maximum Gasteiger partial charge on any atom is 0.251 e. The quantitative estimate of drug-likeness (QED) is 0.784. The number of carbonyl (C=O) groups excluding carboxylic acids is 1. The molecule has 0 aromatic heterocycles. The Hall–Kier alpha value is -1.59. The van der Waals surface area contributed by atoms with Crippen molar-refractivity contribution in [2.24, 2.45) is 5.41 Å². The lowest BCUT2D eigenvalue weighted by molar-refractivity contribution is 0.0511. The summed E-state index contributed by atoms with van der Waals surface area (Å²) >= 11 is 0. The molecule has 2 N–H and O–H groups in total. The second-order valence-corrected chi connectivity index (χ2v) is 7.77. The minimum Gasteiger partial charge on any atom is -0.490 e. The molecule has 0 atom stereocenters. The van der Waals surface area contributed by atoms with Crippen molar-refractivity contribution in [3.8, 4) is 5.75 Å². The lowest BCUT2D eigenvalue weighted by atomic mass is 9.79. The Morgan fingerprint density at radius 2 is 1.85 bits per heavy atom. The van der Waals surface area contributed by atoms with Gasteiger partial charge in [-0.2, -0.15) is 0 Å². The highest BCUT2D eigenvalue weighted by Gasteiger charge is 2.32. The molecular formula is C21H32N2O3. The standard InChI is InChI=1S/C21H32N2O3/c1-25-16-21(11-13-22-14-12-21)15-23-20(24)17-7-9-19(10-8-17)26-18-5-3-2-4-6-18/h7-10,18,22H,2-6,11-16H2,1H3,(H,23,24). The van der Waals surface area contributed by atoms with E-state index in [0.29, 0.717) is 24.8 Å². The van der Waals surface area contributed by atoms with Crippen LogP contribution >= 0.6 is 0 Å². The Kier molecular flexibility index (Phi) is 6.92. The van der Waals surface area contributed by atoms with E-state index >= 15 is 0 Å². The molecule has 0 unspecified atom stereocenters. The first kappa shape index (κ1) is 19.2. The van der Waals surface area contributed by atoms with E-state index in [0.717, 1.165) is 44.5 Å². The average Bonchev–Trinajstić information content (AvgIpc) is 2.69. The first-order valence-electron chi connectivity index (χ1n) is 9.95. The molecule has 1 aromatic carbocycles. The summed E-state index contributed by atoms with van der Waals surface area (Å²) in [5.41, 5.74) is 0.724. The van der Waals surface area contributed by atoms with Gasteiger partial charge in [-0.15, -0.1) is 0 Å². The molecule has 0 radical (unpaired) electrons. The van der Waals surface area contributed by atoms with E-state index in [-0.39, 0.29) is 11.3 Å². The van der Waals surface area contributed by atoms with Gasteiger partial charge in [-0.3, -0.25) is 4.79 Å². The summed E-state index contributed by atoms with van der Waals surface area (Å²) in [5.74, 6) is 0.839. The highest BCUT2D eigenvalue weighted by molar-refractivity contribution is 5.94. The number of carbonyl (C=O) groups is 1. The van der Waals surface area contributed by atoms with E-state index in [9.17, 15) is 4.79 Å². The molecule has 1 saturated carbocycles. The fourth-order valence-corrected chi connectivity index (χ4v) is 4.07. The highest BCUT2D eigenvalue weighted by Crippen LogP contribution is 2.28. The Morgan fingerprint density at radius 1 is 1.15 bits per heavy atom. The third-order valence-corrected chi connectivity index (χ3v) is 5.71. The van der Waals surface area contributed by atoms with Crippen molar-refractivity contribution < 1.29 is 14.3 Å². The van der Waals surface area contributed by atoms with Crippen LogP contribution < -0.4 is 15.4 Å². The summed E-state index contributed by atoms with van der Waals surface area (Å²) < 4.78 is 11.5. The first-order chi connectivity index (χ1) is 12.7. The van der Waals surface area contributed by atoms with Crippen LogP contribution in [0.4, 0.5) is 0 Å². The maximum absolute atomic E-state index is 12.5. The van der Waals surface area contributed by atoms with Crippen LogP contribution in [-0.4, -0.2) is 45.4 Å². The van der Waals surface area contributed by atoms with Crippen molar-refractivity contribution in [3.63, 3.8) is 0 Å². The molecule has 1 aromatic rings. The molecule has 1 saturated heterocycles. The minimum absolute atomic E-state index is 0.0248. The number of benzene rings is 1. The van der Waals surface area contributed by atoms with Gasteiger partial charge >= 0.3 is 0 Å². The van der Waals surface area contributed by atoms with E-state index in [1.54, 1.807) is 7.11 Å². The second kappa shape index (κ2) is 9.38. The molecule has 1 aliphatic heterocycles. The molecule has 2 fully saturated rings. The van der Waals surface area contributed by atoms with Crippen LogP contribution in [0, 0.1) is 5.41 Å². The van der Waals surface area contributed by atoms with Gasteiger partial charge in [0, 0.05) is 24.6 Å².